The average Bonchev–Trinajstić information content (AvgIpc) is 3.01. The number of ether oxygens (including phenoxy) is 1. The van der Waals surface area contributed by atoms with Gasteiger partial charge in [0, 0.05) is 74.2 Å². The highest BCUT2D eigenvalue weighted by atomic mass is 32.2. The minimum absolute atomic E-state index is 0.0637. The van der Waals surface area contributed by atoms with Gasteiger partial charge in [-0.15, -0.1) is 0 Å². The van der Waals surface area contributed by atoms with Crippen LogP contribution in [-0.4, -0.2) is 115 Å². The summed E-state index contributed by atoms with van der Waals surface area (Å²) in [6, 6.07) is 20.0. The highest BCUT2D eigenvalue weighted by Gasteiger charge is 2.30. The number of rotatable bonds is 16. The summed E-state index contributed by atoms with van der Waals surface area (Å²) in [5.74, 6) is -2.73. The molecule has 4 rings (SSSR count). The molecule has 0 spiro atoms. The fraction of sp³-hybridized carbons (Fsp3) is 0.312. The van der Waals surface area contributed by atoms with Crippen molar-refractivity contribution >= 4 is 64.9 Å². The number of aliphatic carboxylic acids is 2. The van der Waals surface area contributed by atoms with Crippen molar-refractivity contribution < 1.29 is 41.4 Å². The van der Waals surface area contributed by atoms with Gasteiger partial charge in [-0.05, 0) is 24.3 Å². The first-order valence-electron chi connectivity index (χ1n) is 14.6. The van der Waals surface area contributed by atoms with E-state index in [0.717, 1.165) is 20.0 Å². The molecule has 0 fully saturated rings. The average molecular weight is 687 g/mol. The van der Waals surface area contributed by atoms with E-state index in [4.69, 9.17) is 4.74 Å². The van der Waals surface area contributed by atoms with E-state index >= 15 is 0 Å². The van der Waals surface area contributed by atoms with Gasteiger partial charge >= 0.3 is 11.9 Å². The minimum Gasteiger partial charge on any atom is -0.480 e. The lowest BCUT2D eigenvalue weighted by Crippen LogP contribution is -2.40. The fourth-order valence-electron chi connectivity index (χ4n) is 5.34. The maximum absolute atomic E-state index is 13.8. The monoisotopic (exact) mass is 686 g/mol. The maximum atomic E-state index is 13.8. The largest absolute Gasteiger partial charge is 0.480 e. The first kappa shape index (κ1) is 35.6. The van der Waals surface area contributed by atoms with E-state index in [9.17, 15) is 36.6 Å². The molecule has 0 saturated heterocycles. The summed E-state index contributed by atoms with van der Waals surface area (Å²) in [5, 5.41) is 21.2. The number of hydrogen-bond acceptors (Lipinski definition) is 9. The Kier molecular flexibility index (Phi) is 11.1. The third-order valence-electron chi connectivity index (χ3n) is 7.51. The van der Waals surface area contributed by atoms with Crippen LogP contribution < -0.4 is 9.80 Å². The predicted molar refractivity (Wildman–Crippen MR) is 180 cm³/mol. The van der Waals surface area contributed by atoms with Crippen molar-refractivity contribution in [2.24, 2.45) is 0 Å². The van der Waals surface area contributed by atoms with E-state index in [-0.39, 0.29) is 36.1 Å². The van der Waals surface area contributed by atoms with Gasteiger partial charge < -0.3 is 24.7 Å². The van der Waals surface area contributed by atoms with Crippen molar-refractivity contribution in [3.63, 3.8) is 0 Å². The van der Waals surface area contributed by atoms with Gasteiger partial charge in [-0.25, -0.2) is 16.8 Å². The number of sulfonamides is 2. The molecular weight excluding hydrogens is 649 g/mol. The molecule has 15 heteroatoms. The summed E-state index contributed by atoms with van der Waals surface area (Å²) in [6.45, 7) is -2.90. The fourth-order valence-corrected chi connectivity index (χ4v) is 8.50. The van der Waals surface area contributed by atoms with Crippen LogP contribution in [0, 0.1) is 0 Å². The van der Waals surface area contributed by atoms with E-state index in [1.54, 1.807) is 48.5 Å². The third kappa shape index (κ3) is 7.82. The number of carboxylic acids is 2. The highest BCUT2D eigenvalue weighted by Crippen LogP contribution is 2.33. The van der Waals surface area contributed by atoms with Crippen LogP contribution in [0.2, 0.25) is 0 Å². The van der Waals surface area contributed by atoms with Crippen LogP contribution in [-0.2, 0) is 34.4 Å². The molecule has 47 heavy (non-hydrogen) atoms. The number of carboxylic acid groups (broad SMARTS) is 2. The SMILES string of the molecule is CN(C)c1cccc2c(S(=O)(=O)N(CCOCCN(CC(=O)O)S(=O)(=O)c3cccc4c(N(C)C)cccc34)CC(=O)O)cccc12. The van der Waals surface area contributed by atoms with Crippen molar-refractivity contribution in [2.45, 2.75) is 9.79 Å². The quantitative estimate of drug-likeness (QED) is 0.167. The lowest BCUT2D eigenvalue weighted by atomic mass is 10.1. The molecule has 0 atom stereocenters. The standard InChI is InChI=1S/C32H38N4O9S2/c1-33(2)27-13-5-11-25-23(27)9-7-15-29(25)46(41,42)35(21-31(37)38)17-19-45-20-18-36(22-32(39)40)47(43,44)30-16-8-10-24-26(30)12-6-14-28(24)34(3)4/h5-16H,17-22H2,1-4H3,(H,37,38)(H,39,40). The Morgan fingerprint density at radius 2 is 0.915 bits per heavy atom. The summed E-state index contributed by atoms with van der Waals surface area (Å²) in [5.41, 5.74) is 1.57. The van der Waals surface area contributed by atoms with Gasteiger partial charge in [0.25, 0.3) is 0 Å². The second-order valence-electron chi connectivity index (χ2n) is 11.1. The molecule has 0 saturated carbocycles. The first-order valence-corrected chi connectivity index (χ1v) is 17.4. The van der Waals surface area contributed by atoms with Gasteiger partial charge in [0.05, 0.1) is 23.0 Å². The van der Waals surface area contributed by atoms with Crippen LogP contribution in [0.4, 0.5) is 11.4 Å². The highest BCUT2D eigenvalue weighted by molar-refractivity contribution is 7.89. The van der Waals surface area contributed by atoms with Crippen molar-refractivity contribution in [3.8, 4) is 0 Å². The second kappa shape index (κ2) is 14.6. The Bertz CT molecular complexity index is 1860. The van der Waals surface area contributed by atoms with Crippen molar-refractivity contribution in [2.75, 3.05) is 77.4 Å². The molecule has 0 bridgehead atoms. The normalized spacial score (nSPS) is 12.2. The van der Waals surface area contributed by atoms with E-state index in [0.29, 0.717) is 21.5 Å². The molecule has 0 heterocycles. The van der Waals surface area contributed by atoms with E-state index in [1.165, 1.54) is 12.1 Å². The summed E-state index contributed by atoms with van der Waals surface area (Å²) in [6.07, 6.45) is 0. The zero-order chi connectivity index (χ0) is 34.5. The summed E-state index contributed by atoms with van der Waals surface area (Å²) < 4.78 is 62.2. The number of nitrogens with zero attached hydrogens (tertiary/aromatic N) is 4. The van der Waals surface area contributed by atoms with Crippen LogP contribution in [0.3, 0.4) is 0 Å². The van der Waals surface area contributed by atoms with Crippen LogP contribution in [0.15, 0.2) is 82.6 Å². The summed E-state index contributed by atoms with van der Waals surface area (Å²) in [4.78, 5) is 26.9. The maximum Gasteiger partial charge on any atom is 0.318 e. The molecule has 13 nitrogen and oxygen atoms in total. The van der Waals surface area contributed by atoms with Crippen LogP contribution in [0.1, 0.15) is 0 Å². The first-order chi connectivity index (χ1) is 22.2. The van der Waals surface area contributed by atoms with Crippen LogP contribution >= 0.6 is 0 Å². The number of carbonyl (C=O) groups is 2. The molecule has 0 unspecified atom stereocenters. The molecule has 0 amide bonds. The summed E-state index contributed by atoms with van der Waals surface area (Å²) in [7, 11) is -1.30. The van der Waals surface area contributed by atoms with Gasteiger partial charge in [0.1, 0.15) is 13.1 Å². The Morgan fingerprint density at radius 3 is 1.26 bits per heavy atom. The lowest BCUT2D eigenvalue weighted by molar-refractivity contribution is -0.138. The van der Waals surface area contributed by atoms with E-state index in [2.05, 4.69) is 0 Å². The van der Waals surface area contributed by atoms with Crippen LogP contribution in [0.5, 0.6) is 0 Å². The third-order valence-corrected chi connectivity index (χ3v) is 11.3. The molecule has 0 aromatic heterocycles. The molecule has 4 aromatic carbocycles. The van der Waals surface area contributed by atoms with Crippen molar-refractivity contribution in [1.82, 2.24) is 8.61 Å². The Hall–Kier alpha value is -4.28. The molecule has 0 radical (unpaired) electrons. The van der Waals surface area contributed by atoms with Gasteiger partial charge in [-0.2, -0.15) is 8.61 Å². The number of fused-ring (bicyclic) bond motifs is 2. The molecule has 0 aliphatic carbocycles. The van der Waals surface area contributed by atoms with Gasteiger partial charge in [0.15, 0.2) is 0 Å². The smallest absolute Gasteiger partial charge is 0.318 e. The zero-order valence-electron chi connectivity index (χ0n) is 26.5. The Balaban J connectivity index is 1.53. The number of benzene rings is 4. The molecule has 4 aromatic rings. The van der Waals surface area contributed by atoms with Gasteiger partial charge in [0.2, 0.25) is 20.0 Å². The number of anilines is 2. The van der Waals surface area contributed by atoms with Gasteiger partial charge in [-0.1, -0.05) is 48.5 Å². The lowest BCUT2D eigenvalue weighted by Gasteiger charge is -2.24. The van der Waals surface area contributed by atoms with Crippen molar-refractivity contribution in [3.05, 3.63) is 72.8 Å². The van der Waals surface area contributed by atoms with E-state index in [1.807, 2.05) is 50.1 Å². The van der Waals surface area contributed by atoms with E-state index < -0.39 is 45.1 Å². The Morgan fingerprint density at radius 1 is 0.574 bits per heavy atom. The summed E-state index contributed by atoms with van der Waals surface area (Å²) >= 11 is 0. The molecule has 0 aliphatic heterocycles. The molecule has 252 valence electrons. The molecule has 0 aliphatic rings. The van der Waals surface area contributed by atoms with Crippen molar-refractivity contribution in [1.29, 1.82) is 0 Å². The molecule has 2 N–H and O–H groups in total. The topological polar surface area (TPSA) is 165 Å². The predicted octanol–water partition coefficient (Wildman–Crippen LogP) is 2.99. The number of hydrogen-bond donors (Lipinski definition) is 2. The minimum atomic E-state index is -4.31. The Labute approximate surface area is 274 Å². The van der Waals surface area contributed by atoms with Gasteiger partial charge in [-0.3, -0.25) is 9.59 Å². The zero-order valence-corrected chi connectivity index (χ0v) is 28.2. The van der Waals surface area contributed by atoms with Crippen LogP contribution in [0.25, 0.3) is 21.5 Å². The molecular formula is C32H38N4O9S2. The second-order valence-corrected chi connectivity index (χ2v) is 14.9.